The molecule has 0 aliphatic heterocycles. The number of aryl methyl sites for hydroxylation is 4. The quantitative estimate of drug-likeness (QED) is 0.0288. The standard InChI is InChI=1S/C21H18F3O3S2.C16H16F3OS.C12H27S.C8H11S.C3H9S/c1-15-13-19(14-16(2)20(15)27-29(25,26)21(22,23)24)28(17-9-5-3-6-10-17)18-11-7-4-8-12-18;1-11-9-14(10-12(2)15(11)20-3)21(16(17,18)19)13-7-5-4-6-8-13;1-4-7-10-13(11-8-5-2)12-9-6-3;1-9(2)8-6-4-3-5-7-8;1-4(2)3/h3-14H,1-2H3;4-6,9-10H,7H2,1-3H3;4-12H2,1-3H3;3-7H,1-2H3;1-3H3/q5*+1. The molecule has 0 radical (unpaired) electrons. The molecule has 0 heterocycles. The highest BCUT2D eigenvalue weighted by Gasteiger charge is 2.56. The molecule has 76 heavy (non-hydrogen) atoms. The minimum atomic E-state index is -5.73. The summed E-state index contributed by atoms with van der Waals surface area (Å²) in [7, 11) is -4.84. The maximum absolute atomic E-state index is 13.5. The van der Waals surface area contributed by atoms with E-state index >= 15 is 0 Å². The van der Waals surface area contributed by atoms with Crippen LogP contribution in [0.1, 0.15) is 88.0 Å². The van der Waals surface area contributed by atoms with Crippen molar-refractivity contribution in [3.63, 3.8) is 0 Å². The van der Waals surface area contributed by atoms with Crippen LogP contribution in [0.2, 0.25) is 0 Å². The number of hydrogen-bond acceptors (Lipinski definition) is 4. The van der Waals surface area contributed by atoms with Crippen molar-refractivity contribution < 1.29 is 43.7 Å². The summed E-state index contributed by atoms with van der Waals surface area (Å²) >= 11 is 0. The van der Waals surface area contributed by atoms with Gasteiger partial charge in [-0.05, 0) is 133 Å². The highest BCUT2D eigenvalue weighted by atomic mass is 32.2. The van der Waals surface area contributed by atoms with Crippen LogP contribution in [0, 0.1) is 27.7 Å². The molecule has 5 aromatic rings. The van der Waals surface area contributed by atoms with Crippen LogP contribution in [0.4, 0.5) is 26.3 Å². The SMILES string of the molecule is CCCC[S+](CCCC)CCCC.COc1c(C)cc([S+](C2=C=CC=CC2)C(F)(F)F)cc1C.C[S+](C)C.C[S+](C)c1ccccc1.Cc1cc([S+](c2ccccc2)c2ccccc2)cc(C)c1OS(=O)(=O)C(F)(F)F. The molecule has 1 unspecified atom stereocenters. The summed E-state index contributed by atoms with van der Waals surface area (Å²) in [5, 5.41) is 0. The van der Waals surface area contributed by atoms with Gasteiger partial charge < -0.3 is 8.92 Å². The van der Waals surface area contributed by atoms with Crippen LogP contribution in [0.5, 0.6) is 11.5 Å². The van der Waals surface area contributed by atoms with Gasteiger partial charge in [0.2, 0.25) is 0 Å². The normalized spacial score (nSPS) is 12.6. The third kappa shape index (κ3) is 24.1. The van der Waals surface area contributed by atoms with Gasteiger partial charge in [0.25, 0.3) is 0 Å². The zero-order chi connectivity index (χ0) is 57.1. The second-order valence-electron chi connectivity index (χ2n) is 18.2. The number of halogens is 6. The Morgan fingerprint density at radius 3 is 1.26 bits per heavy atom. The van der Waals surface area contributed by atoms with E-state index in [2.05, 4.69) is 92.3 Å². The molecule has 0 amide bonds. The summed E-state index contributed by atoms with van der Waals surface area (Å²) in [4.78, 5) is 4.91. The minimum Gasteiger partial charge on any atom is -0.496 e. The van der Waals surface area contributed by atoms with Gasteiger partial charge in [0, 0.05) is 41.6 Å². The predicted molar refractivity (Wildman–Crippen MR) is 322 cm³/mol. The monoisotopic (exact) mass is 1170 g/mol. The molecule has 0 spiro atoms. The minimum absolute atomic E-state index is 0.268. The van der Waals surface area contributed by atoms with E-state index in [9.17, 15) is 34.8 Å². The van der Waals surface area contributed by atoms with Crippen molar-refractivity contribution in [3.05, 3.63) is 166 Å². The van der Waals surface area contributed by atoms with Crippen molar-refractivity contribution in [3.8, 4) is 11.5 Å². The van der Waals surface area contributed by atoms with Crippen molar-refractivity contribution in [2.75, 3.05) is 55.6 Å². The molecule has 16 heteroatoms. The first-order chi connectivity index (χ1) is 35.8. The zero-order valence-electron chi connectivity index (χ0n) is 46.6. The number of benzene rings is 5. The first-order valence-electron chi connectivity index (χ1n) is 25.1. The molecule has 1 atom stereocenters. The van der Waals surface area contributed by atoms with Crippen molar-refractivity contribution in [2.24, 2.45) is 0 Å². The largest absolute Gasteiger partial charge is 0.586 e. The Kier molecular flexibility index (Phi) is 31.5. The van der Waals surface area contributed by atoms with E-state index in [1.165, 1.54) is 87.7 Å². The van der Waals surface area contributed by atoms with Crippen LogP contribution >= 0.6 is 0 Å². The second kappa shape index (κ2) is 35.0. The molecular formula is C60H81F6O4S6+5. The first-order valence-corrected chi connectivity index (χ1v) is 35.2. The molecule has 1 aliphatic rings. The second-order valence-corrected chi connectivity index (χ2v) is 30.8. The number of ether oxygens (including phenoxy) is 1. The Morgan fingerprint density at radius 1 is 0.566 bits per heavy atom. The number of allylic oxidation sites excluding steroid dienone is 3. The van der Waals surface area contributed by atoms with Crippen LogP contribution in [0.25, 0.3) is 0 Å². The molecule has 0 saturated heterocycles. The van der Waals surface area contributed by atoms with Gasteiger partial charge >= 0.3 is 21.1 Å². The van der Waals surface area contributed by atoms with E-state index in [0.29, 0.717) is 49.8 Å². The number of unbranched alkanes of at least 4 members (excludes halogenated alkanes) is 3. The smallest absolute Gasteiger partial charge is 0.496 e. The lowest BCUT2D eigenvalue weighted by Crippen LogP contribution is -2.28. The van der Waals surface area contributed by atoms with Crippen molar-refractivity contribution in [1.29, 1.82) is 0 Å². The molecule has 0 fully saturated rings. The van der Waals surface area contributed by atoms with Crippen LogP contribution in [0.15, 0.2) is 169 Å². The maximum Gasteiger partial charge on any atom is 0.586 e. The van der Waals surface area contributed by atoms with E-state index in [0.717, 1.165) is 25.6 Å². The van der Waals surface area contributed by atoms with E-state index < -0.39 is 42.9 Å². The average molecular weight is 1170 g/mol. The van der Waals surface area contributed by atoms with Crippen LogP contribution in [0.3, 0.4) is 0 Å². The molecule has 6 rings (SSSR count). The summed E-state index contributed by atoms with van der Waals surface area (Å²) in [6, 6.07) is 36.5. The highest BCUT2D eigenvalue weighted by molar-refractivity contribution is 8.01. The van der Waals surface area contributed by atoms with Gasteiger partial charge in [-0.2, -0.15) is 21.6 Å². The fourth-order valence-corrected chi connectivity index (χ4v) is 15.3. The number of hydrogen-bond donors (Lipinski definition) is 0. The lowest BCUT2D eigenvalue weighted by Gasteiger charge is -2.15. The van der Waals surface area contributed by atoms with Crippen molar-refractivity contribution >= 4 is 64.6 Å². The molecule has 418 valence electrons. The lowest BCUT2D eigenvalue weighted by molar-refractivity contribution is -0.0500. The van der Waals surface area contributed by atoms with Crippen molar-refractivity contribution in [1.82, 2.24) is 0 Å². The Morgan fingerprint density at radius 2 is 0.947 bits per heavy atom. The third-order valence-corrected chi connectivity index (χ3v) is 19.7. The Labute approximate surface area is 467 Å². The number of rotatable bonds is 18. The third-order valence-electron chi connectivity index (χ3n) is 10.8. The van der Waals surface area contributed by atoms with E-state index in [-0.39, 0.29) is 22.0 Å². The fourth-order valence-electron chi connectivity index (χ4n) is 7.23. The Bertz CT molecular complexity index is 2550. The summed E-state index contributed by atoms with van der Waals surface area (Å²) in [5.74, 6) is 4.87. The Hall–Kier alpha value is -3.76. The molecule has 0 bridgehead atoms. The molecule has 0 aromatic heterocycles. The highest BCUT2D eigenvalue weighted by Crippen LogP contribution is 2.42. The number of alkyl halides is 6. The summed E-state index contributed by atoms with van der Waals surface area (Å²) in [6.07, 6.45) is 24.8. The fraction of sp³-hybridized carbons (Fsp3) is 0.417. The van der Waals surface area contributed by atoms with Gasteiger partial charge in [-0.15, -0.1) is 13.2 Å². The van der Waals surface area contributed by atoms with Gasteiger partial charge in [-0.1, -0.05) is 113 Å². The predicted octanol–water partition coefficient (Wildman–Crippen LogP) is 16.9. The van der Waals surface area contributed by atoms with Gasteiger partial charge in [-0.25, -0.2) is 0 Å². The lowest BCUT2D eigenvalue weighted by atomic mass is 10.1. The molecule has 4 nitrogen and oxygen atoms in total. The van der Waals surface area contributed by atoms with Crippen LogP contribution in [-0.4, -0.2) is 75.1 Å². The average Bonchev–Trinajstić information content (AvgIpc) is 3.36. The van der Waals surface area contributed by atoms with E-state index in [4.69, 9.17) is 4.74 Å². The number of methoxy groups -OCH3 is 1. The molecule has 0 N–H and O–H groups in total. The van der Waals surface area contributed by atoms with Gasteiger partial charge in [-0.3, -0.25) is 0 Å². The van der Waals surface area contributed by atoms with Gasteiger partial charge in [0.1, 0.15) is 41.3 Å². The van der Waals surface area contributed by atoms with Gasteiger partial charge in [0.15, 0.2) is 40.3 Å². The summed E-state index contributed by atoms with van der Waals surface area (Å²) in [5.41, 5.74) is -4.98. The van der Waals surface area contributed by atoms with Crippen LogP contribution in [-0.2, 0) is 64.6 Å². The van der Waals surface area contributed by atoms with Crippen LogP contribution < -0.4 is 8.92 Å². The molecule has 0 saturated carbocycles. The topological polar surface area (TPSA) is 52.6 Å². The zero-order valence-corrected chi connectivity index (χ0v) is 51.5. The summed E-state index contributed by atoms with van der Waals surface area (Å²) in [6.45, 7) is 13.5. The summed E-state index contributed by atoms with van der Waals surface area (Å²) < 4.78 is 111. The first kappa shape index (κ1) is 68.3. The van der Waals surface area contributed by atoms with E-state index in [1.807, 2.05) is 60.7 Å². The maximum atomic E-state index is 13.5. The van der Waals surface area contributed by atoms with E-state index in [1.54, 1.807) is 50.3 Å². The van der Waals surface area contributed by atoms with Gasteiger partial charge in [0.05, 0.1) is 36.8 Å². The Balaban J connectivity index is 0.000000366. The molecule has 1 aliphatic carbocycles. The van der Waals surface area contributed by atoms with Crippen molar-refractivity contribution in [2.45, 2.75) is 129 Å². The molecule has 5 aromatic carbocycles. The molecular weight excluding hydrogens is 1090 g/mol.